The van der Waals surface area contributed by atoms with Crippen LogP contribution in [0.4, 0.5) is 19.0 Å². The van der Waals surface area contributed by atoms with Crippen molar-refractivity contribution in [3.8, 4) is 0 Å². The molecule has 0 unspecified atom stereocenters. The number of hydrogen-bond acceptors (Lipinski definition) is 3. The number of hydrogen-bond donors (Lipinski definition) is 0. The Hall–Kier alpha value is -2.57. The number of aryl methyl sites for hydroxylation is 1. The monoisotopic (exact) mass is 320 g/mol. The second kappa shape index (κ2) is 5.57. The lowest BCUT2D eigenvalue weighted by atomic mass is 10.3. The summed E-state index contributed by atoms with van der Waals surface area (Å²) in [7, 11) is 3.58. The van der Waals surface area contributed by atoms with E-state index in [9.17, 15) is 13.2 Å². The fourth-order valence-corrected chi connectivity index (χ4v) is 2.42. The number of benzene rings is 1. The Labute approximate surface area is 131 Å². The Morgan fingerprint density at radius 1 is 1.04 bits per heavy atom. The molecule has 3 aromatic rings. The van der Waals surface area contributed by atoms with Crippen molar-refractivity contribution in [2.45, 2.75) is 12.7 Å². The third-order valence-electron chi connectivity index (χ3n) is 3.67. The summed E-state index contributed by atoms with van der Waals surface area (Å²) in [5.74, 6) is 1.01. The van der Waals surface area contributed by atoms with Gasteiger partial charge in [-0.15, -0.1) is 0 Å². The molecule has 7 heteroatoms. The molecular weight excluding hydrogens is 305 g/mol. The van der Waals surface area contributed by atoms with E-state index in [0.717, 1.165) is 22.9 Å². The Kier molecular flexibility index (Phi) is 3.71. The highest BCUT2D eigenvalue weighted by Gasteiger charge is 2.32. The molecule has 4 nitrogen and oxygen atoms in total. The first-order chi connectivity index (χ1) is 10.9. The molecule has 0 aliphatic carbocycles. The number of nitrogens with zero attached hydrogens (tertiary/aromatic N) is 4. The molecule has 0 bridgehead atoms. The largest absolute Gasteiger partial charge is 0.433 e. The van der Waals surface area contributed by atoms with Gasteiger partial charge in [-0.05, 0) is 24.3 Å². The summed E-state index contributed by atoms with van der Waals surface area (Å²) in [6.45, 7) is 0.361. The van der Waals surface area contributed by atoms with Crippen LogP contribution in [-0.2, 0) is 19.8 Å². The molecule has 0 radical (unpaired) electrons. The summed E-state index contributed by atoms with van der Waals surface area (Å²) in [6.07, 6.45) is -4.45. The Balaban J connectivity index is 1.89. The van der Waals surface area contributed by atoms with E-state index in [4.69, 9.17) is 0 Å². The Bertz CT molecular complexity index is 839. The predicted octanol–water partition coefficient (Wildman–Crippen LogP) is 3.62. The first kappa shape index (κ1) is 15.3. The Morgan fingerprint density at radius 2 is 1.78 bits per heavy atom. The number of rotatable bonds is 3. The van der Waals surface area contributed by atoms with Crippen molar-refractivity contribution in [2.24, 2.45) is 7.05 Å². The normalized spacial score (nSPS) is 11.9. The first-order valence-electron chi connectivity index (χ1n) is 7.02. The number of fused-ring (bicyclic) bond motifs is 1. The topological polar surface area (TPSA) is 34.0 Å². The molecule has 23 heavy (non-hydrogen) atoms. The van der Waals surface area contributed by atoms with Crippen LogP contribution in [0.3, 0.4) is 0 Å². The van der Waals surface area contributed by atoms with Gasteiger partial charge in [-0.25, -0.2) is 9.97 Å². The third-order valence-corrected chi connectivity index (χ3v) is 3.67. The summed E-state index contributed by atoms with van der Waals surface area (Å²) in [6, 6.07) is 11.6. The van der Waals surface area contributed by atoms with E-state index in [2.05, 4.69) is 9.97 Å². The molecule has 2 heterocycles. The summed E-state index contributed by atoms with van der Waals surface area (Å²) in [5.41, 5.74) is 0.940. The molecule has 0 N–H and O–H groups in total. The lowest BCUT2D eigenvalue weighted by molar-refractivity contribution is -0.141. The van der Waals surface area contributed by atoms with Crippen LogP contribution in [-0.4, -0.2) is 21.6 Å². The molecule has 0 aliphatic rings. The number of halogens is 3. The van der Waals surface area contributed by atoms with E-state index >= 15 is 0 Å². The maximum atomic E-state index is 12.8. The van der Waals surface area contributed by atoms with Gasteiger partial charge >= 0.3 is 6.18 Å². The molecule has 120 valence electrons. The molecule has 0 amide bonds. The van der Waals surface area contributed by atoms with Crippen LogP contribution in [0.1, 0.15) is 11.5 Å². The van der Waals surface area contributed by atoms with Gasteiger partial charge in [0.25, 0.3) is 0 Å². The van der Waals surface area contributed by atoms with Gasteiger partial charge in [0.05, 0.1) is 17.6 Å². The lowest BCUT2D eigenvalue weighted by Crippen LogP contribution is -2.21. The standard InChI is InChI=1S/C16H15F3N4/c1-22(14-9-5-8-13(21-14)16(17,18)19)10-15-20-11-6-3-4-7-12(11)23(15)2/h3-9H,10H2,1-2H3. The van der Waals surface area contributed by atoms with E-state index in [-0.39, 0.29) is 5.82 Å². The molecular formula is C16H15F3N4. The molecule has 0 aliphatic heterocycles. The van der Waals surface area contributed by atoms with Crippen LogP contribution >= 0.6 is 0 Å². The lowest BCUT2D eigenvalue weighted by Gasteiger charge is -2.19. The van der Waals surface area contributed by atoms with Crippen molar-refractivity contribution < 1.29 is 13.2 Å². The summed E-state index contributed by atoms with van der Waals surface area (Å²) in [4.78, 5) is 9.86. The van der Waals surface area contributed by atoms with E-state index in [1.807, 2.05) is 35.9 Å². The quantitative estimate of drug-likeness (QED) is 0.739. The molecule has 1 aromatic carbocycles. The van der Waals surface area contributed by atoms with Crippen molar-refractivity contribution in [3.63, 3.8) is 0 Å². The molecule has 0 spiro atoms. The minimum atomic E-state index is -4.45. The summed E-state index contributed by atoms with van der Waals surface area (Å²) < 4.78 is 40.2. The van der Waals surface area contributed by atoms with Crippen LogP contribution in [0, 0.1) is 0 Å². The number of pyridine rings is 1. The second-order valence-corrected chi connectivity index (χ2v) is 5.31. The van der Waals surface area contributed by atoms with Crippen molar-refractivity contribution in [1.82, 2.24) is 14.5 Å². The zero-order valence-electron chi connectivity index (χ0n) is 12.7. The third kappa shape index (κ3) is 2.99. The number of imidazole rings is 1. The maximum absolute atomic E-state index is 12.8. The van der Waals surface area contributed by atoms with Crippen LogP contribution in [0.15, 0.2) is 42.5 Å². The van der Waals surface area contributed by atoms with Gasteiger partial charge in [-0.2, -0.15) is 13.2 Å². The van der Waals surface area contributed by atoms with Gasteiger partial charge < -0.3 is 9.47 Å². The summed E-state index contributed by atoms with van der Waals surface area (Å²) >= 11 is 0. The molecule has 0 fully saturated rings. The zero-order chi connectivity index (χ0) is 16.6. The number of alkyl halides is 3. The van der Waals surface area contributed by atoms with Gasteiger partial charge in [0.15, 0.2) is 0 Å². The van der Waals surface area contributed by atoms with Crippen LogP contribution in [0.2, 0.25) is 0 Å². The molecule has 0 saturated heterocycles. The van der Waals surface area contributed by atoms with Gasteiger partial charge in [0.2, 0.25) is 0 Å². The van der Waals surface area contributed by atoms with Crippen LogP contribution in [0.25, 0.3) is 11.0 Å². The van der Waals surface area contributed by atoms with Crippen molar-refractivity contribution in [1.29, 1.82) is 0 Å². The average molecular weight is 320 g/mol. The van der Waals surface area contributed by atoms with E-state index in [1.54, 1.807) is 18.0 Å². The van der Waals surface area contributed by atoms with Crippen molar-refractivity contribution >= 4 is 16.9 Å². The number of para-hydroxylation sites is 2. The zero-order valence-corrected chi connectivity index (χ0v) is 12.7. The number of anilines is 1. The van der Waals surface area contributed by atoms with Crippen LogP contribution in [0.5, 0.6) is 0 Å². The van der Waals surface area contributed by atoms with Gasteiger partial charge in [0, 0.05) is 14.1 Å². The smallest absolute Gasteiger partial charge is 0.352 e. The average Bonchev–Trinajstić information content (AvgIpc) is 2.83. The number of aromatic nitrogens is 3. The van der Waals surface area contributed by atoms with Gasteiger partial charge in [0.1, 0.15) is 17.3 Å². The van der Waals surface area contributed by atoms with E-state index in [1.165, 1.54) is 6.07 Å². The Morgan fingerprint density at radius 3 is 2.48 bits per heavy atom. The first-order valence-corrected chi connectivity index (χ1v) is 7.02. The second-order valence-electron chi connectivity index (χ2n) is 5.31. The SMILES string of the molecule is CN(Cc1nc2ccccc2n1C)c1cccc(C(F)(F)F)n1. The van der Waals surface area contributed by atoms with E-state index < -0.39 is 11.9 Å². The fourth-order valence-electron chi connectivity index (χ4n) is 2.42. The van der Waals surface area contributed by atoms with Crippen molar-refractivity contribution in [2.75, 3.05) is 11.9 Å². The fraction of sp³-hybridized carbons (Fsp3) is 0.250. The highest BCUT2D eigenvalue weighted by molar-refractivity contribution is 5.75. The van der Waals surface area contributed by atoms with Crippen LogP contribution < -0.4 is 4.90 Å². The molecule has 0 atom stereocenters. The molecule has 0 saturated carbocycles. The van der Waals surface area contributed by atoms with Gasteiger partial charge in [-0.3, -0.25) is 0 Å². The maximum Gasteiger partial charge on any atom is 0.433 e. The highest BCUT2D eigenvalue weighted by Crippen LogP contribution is 2.29. The molecule has 3 rings (SSSR count). The minimum Gasteiger partial charge on any atom is -0.352 e. The highest BCUT2D eigenvalue weighted by atomic mass is 19.4. The van der Waals surface area contributed by atoms with Gasteiger partial charge in [-0.1, -0.05) is 18.2 Å². The summed E-state index contributed by atoms with van der Waals surface area (Å²) in [5, 5.41) is 0. The molecule has 2 aromatic heterocycles. The van der Waals surface area contributed by atoms with Crippen molar-refractivity contribution in [3.05, 3.63) is 54.0 Å². The van der Waals surface area contributed by atoms with E-state index in [0.29, 0.717) is 6.54 Å². The minimum absolute atomic E-state index is 0.256. The predicted molar refractivity (Wildman–Crippen MR) is 82.1 cm³/mol.